The topological polar surface area (TPSA) is 19.7 Å². The standard InChI is InChI=1S/C60H38N4/c1-7-23-51-43(15-1)44-16-2-8-24-52(44)61(51)39-31-35-41(36-32-39)63-55-27-11-5-19-49(55)59-47(21-13-29-57(59)63)48-22-14-30-58-60(48)50-20-6-12-28-56(50)64(58)42-37-33-40(34-38-42)62-53-25-9-3-17-45(53)46-18-4-10-26-54(46)62/h1-38H. The Morgan fingerprint density at radius 2 is 0.391 bits per heavy atom. The minimum absolute atomic E-state index is 1.13. The quantitative estimate of drug-likeness (QED) is 0.165. The van der Waals surface area contributed by atoms with Crippen molar-refractivity contribution < 1.29 is 0 Å². The molecule has 64 heavy (non-hydrogen) atoms. The Bertz CT molecular complexity index is 3790. The zero-order valence-corrected chi connectivity index (χ0v) is 34.7. The molecule has 0 amide bonds. The Balaban J connectivity index is 0.931. The number of rotatable bonds is 5. The molecule has 4 nitrogen and oxygen atoms in total. The highest BCUT2D eigenvalue weighted by Crippen LogP contribution is 2.44. The van der Waals surface area contributed by atoms with Gasteiger partial charge >= 0.3 is 0 Å². The summed E-state index contributed by atoms with van der Waals surface area (Å²) in [5.74, 6) is 0. The Labute approximate surface area is 368 Å². The van der Waals surface area contributed by atoms with Gasteiger partial charge in [-0.05, 0) is 108 Å². The number of hydrogen-bond acceptors (Lipinski definition) is 0. The Hall–Kier alpha value is -8.60. The van der Waals surface area contributed by atoms with Gasteiger partial charge in [0.1, 0.15) is 0 Å². The van der Waals surface area contributed by atoms with Gasteiger partial charge in [0.05, 0.1) is 44.1 Å². The molecule has 14 rings (SSSR count). The highest BCUT2D eigenvalue weighted by Gasteiger charge is 2.21. The lowest BCUT2D eigenvalue weighted by atomic mass is 9.95. The van der Waals surface area contributed by atoms with Crippen LogP contribution in [0.1, 0.15) is 0 Å². The fourth-order valence-electron chi connectivity index (χ4n) is 10.9. The van der Waals surface area contributed by atoms with Crippen molar-refractivity contribution in [3.8, 4) is 33.9 Å². The van der Waals surface area contributed by atoms with Crippen molar-refractivity contribution in [3.63, 3.8) is 0 Å². The maximum Gasteiger partial charge on any atom is 0.0547 e. The highest BCUT2D eigenvalue weighted by atomic mass is 15.0. The van der Waals surface area contributed by atoms with E-state index in [0.29, 0.717) is 0 Å². The molecule has 10 aromatic carbocycles. The van der Waals surface area contributed by atoms with E-state index < -0.39 is 0 Å². The van der Waals surface area contributed by atoms with E-state index in [4.69, 9.17) is 0 Å². The van der Waals surface area contributed by atoms with Gasteiger partial charge in [0.2, 0.25) is 0 Å². The molecule has 0 bridgehead atoms. The van der Waals surface area contributed by atoms with Gasteiger partial charge in [-0.25, -0.2) is 0 Å². The van der Waals surface area contributed by atoms with Crippen LogP contribution in [0.25, 0.3) is 121 Å². The lowest BCUT2D eigenvalue weighted by molar-refractivity contribution is 1.14. The van der Waals surface area contributed by atoms with Crippen molar-refractivity contribution in [3.05, 3.63) is 231 Å². The largest absolute Gasteiger partial charge is 0.309 e. The lowest BCUT2D eigenvalue weighted by Gasteiger charge is -2.13. The second kappa shape index (κ2) is 13.4. The summed E-state index contributed by atoms with van der Waals surface area (Å²) < 4.78 is 9.64. The first kappa shape index (κ1) is 35.0. The van der Waals surface area contributed by atoms with Crippen LogP contribution < -0.4 is 0 Å². The third-order valence-electron chi connectivity index (χ3n) is 13.6. The minimum Gasteiger partial charge on any atom is -0.309 e. The third kappa shape index (κ3) is 4.88. The van der Waals surface area contributed by atoms with Crippen LogP contribution in [0.2, 0.25) is 0 Å². The zero-order valence-electron chi connectivity index (χ0n) is 34.7. The molecule has 0 unspecified atom stereocenters. The van der Waals surface area contributed by atoms with Crippen molar-refractivity contribution in [2.45, 2.75) is 0 Å². The molecule has 0 saturated carbocycles. The van der Waals surface area contributed by atoms with Gasteiger partial charge in [-0.15, -0.1) is 0 Å². The first-order chi connectivity index (χ1) is 31.8. The van der Waals surface area contributed by atoms with Gasteiger partial charge in [0, 0.05) is 65.8 Å². The highest BCUT2D eigenvalue weighted by molar-refractivity contribution is 6.22. The maximum atomic E-state index is 2.44. The minimum atomic E-state index is 1.13. The molecular formula is C60H38N4. The van der Waals surface area contributed by atoms with Crippen LogP contribution in [0.3, 0.4) is 0 Å². The van der Waals surface area contributed by atoms with E-state index in [1.165, 1.54) is 98.4 Å². The fourth-order valence-corrected chi connectivity index (χ4v) is 10.9. The number of hydrogen-bond donors (Lipinski definition) is 0. The molecule has 298 valence electrons. The van der Waals surface area contributed by atoms with Gasteiger partial charge in [0.25, 0.3) is 0 Å². The number of para-hydroxylation sites is 6. The van der Waals surface area contributed by atoms with E-state index in [-0.39, 0.29) is 0 Å². The molecule has 0 aliphatic rings. The molecule has 0 atom stereocenters. The summed E-state index contributed by atoms with van der Waals surface area (Å²) in [6, 6.07) is 84.4. The van der Waals surface area contributed by atoms with Crippen molar-refractivity contribution >= 4 is 87.2 Å². The van der Waals surface area contributed by atoms with Gasteiger partial charge in [-0.2, -0.15) is 0 Å². The first-order valence-corrected chi connectivity index (χ1v) is 22.0. The first-order valence-electron chi connectivity index (χ1n) is 22.0. The van der Waals surface area contributed by atoms with E-state index in [0.717, 1.165) is 22.7 Å². The van der Waals surface area contributed by atoms with Crippen LogP contribution in [-0.2, 0) is 0 Å². The molecule has 14 aromatic rings. The Kier molecular flexibility index (Phi) is 7.36. The number of benzene rings is 10. The summed E-state index contributed by atoms with van der Waals surface area (Å²) in [5, 5.41) is 10.1. The third-order valence-corrected chi connectivity index (χ3v) is 13.6. The van der Waals surface area contributed by atoms with Crippen LogP contribution in [0.4, 0.5) is 0 Å². The smallest absolute Gasteiger partial charge is 0.0547 e. The van der Waals surface area contributed by atoms with Crippen molar-refractivity contribution in [2.75, 3.05) is 0 Å². The molecule has 0 saturated heterocycles. The predicted molar refractivity (Wildman–Crippen MR) is 269 cm³/mol. The van der Waals surface area contributed by atoms with E-state index in [9.17, 15) is 0 Å². The summed E-state index contributed by atoms with van der Waals surface area (Å²) >= 11 is 0. The second-order valence-corrected chi connectivity index (χ2v) is 16.9. The molecule has 4 heteroatoms. The molecule has 4 aromatic heterocycles. The maximum absolute atomic E-state index is 2.44. The monoisotopic (exact) mass is 814 g/mol. The van der Waals surface area contributed by atoms with E-state index >= 15 is 0 Å². The molecule has 0 fully saturated rings. The average molecular weight is 815 g/mol. The fraction of sp³-hybridized carbons (Fsp3) is 0. The Morgan fingerprint density at radius 1 is 0.172 bits per heavy atom. The van der Waals surface area contributed by atoms with E-state index in [1.54, 1.807) is 0 Å². The lowest BCUT2D eigenvalue weighted by Crippen LogP contribution is -1.97. The summed E-state index contributed by atoms with van der Waals surface area (Å²) in [6.07, 6.45) is 0. The zero-order chi connectivity index (χ0) is 41.9. The SMILES string of the molecule is c1ccc2c(c1)c1ccccc1n2-c1ccc(-n2c3ccccc3c3c(-c4cccc5c4c4ccccc4n5-c4ccc(-n5c6ccccc6c6ccccc65)cc4)cccc32)cc1. The number of fused-ring (bicyclic) bond motifs is 12. The summed E-state index contributed by atoms with van der Waals surface area (Å²) in [6.45, 7) is 0. The molecule has 0 radical (unpaired) electrons. The van der Waals surface area contributed by atoms with Crippen LogP contribution in [0.15, 0.2) is 231 Å². The van der Waals surface area contributed by atoms with E-state index in [2.05, 4.69) is 249 Å². The molecule has 0 aliphatic heterocycles. The van der Waals surface area contributed by atoms with Crippen molar-refractivity contribution in [1.29, 1.82) is 0 Å². The summed E-state index contributed by atoms with van der Waals surface area (Å²) in [7, 11) is 0. The summed E-state index contributed by atoms with van der Waals surface area (Å²) in [4.78, 5) is 0. The molecule has 0 spiro atoms. The van der Waals surface area contributed by atoms with E-state index in [1.807, 2.05) is 0 Å². The van der Waals surface area contributed by atoms with Crippen molar-refractivity contribution in [2.24, 2.45) is 0 Å². The van der Waals surface area contributed by atoms with Crippen LogP contribution in [0, 0.1) is 0 Å². The molecule has 0 N–H and O–H groups in total. The Morgan fingerprint density at radius 3 is 0.688 bits per heavy atom. The number of nitrogens with zero attached hydrogens (tertiary/aromatic N) is 4. The normalized spacial score (nSPS) is 12.1. The number of aromatic nitrogens is 4. The average Bonchev–Trinajstić information content (AvgIpc) is 4.09. The van der Waals surface area contributed by atoms with Crippen molar-refractivity contribution in [1.82, 2.24) is 18.3 Å². The van der Waals surface area contributed by atoms with Crippen LogP contribution in [0.5, 0.6) is 0 Å². The molecule has 0 aliphatic carbocycles. The predicted octanol–water partition coefficient (Wildman–Crippen LogP) is 15.7. The second-order valence-electron chi connectivity index (χ2n) is 16.9. The molecule has 4 heterocycles. The van der Waals surface area contributed by atoms with Crippen LogP contribution in [-0.4, -0.2) is 18.3 Å². The van der Waals surface area contributed by atoms with Gasteiger partial charge in [-0.3, -0.25) is 0 Å². The molecular weight excluding hydrogens is 777 g/mol. The van der Waals surface area contributed by atoms with Gasteiger partial charge < -0.3 is 18.3 Å². The van der Waals surface area contributed by atoms with Crippen LogP contribution >= 0.6 is 0 Å². The van der Waals surface area contributed by atoms with Gasteiger partial charge in [-0.1, -0.05) is 133 Å². The summed E-state index contributed by atoms with van der Waals surface area (Å²) in [5.41, 5.74) is 16.6. The van der Waals surface area contributed by atoms with Gasteiger partial charge in [0.15, 0.2) is 0 Å².